The van der Waals surface area contributed by atoms with Crippen molar-refractivity contribution < 1.29 is 4.74 Å². The maximum Gasteiger partial charge on any atom is 0.118 e. The fourth-order valence-electron chi connectivity index (χ4n) is 2.18. The average molecular weight is 240 g/mol. The Morgan fingerprint density at radius 1 is 1.00 bits per heavy atom. The monoisotopic (exact) mass is 240 g/mol. The topological polar surface area (TPSA) is 9.23 Å². The third-order valence-electron chi connectivity index (χ3n) is 3.51. The normalized spacial score (nSPS) is 12.2. The van der Waals surface area contributed by atoms with Gasteiger partial charge >= 0.3 is 0 Å². The van der Waals surface area contributed by atoms with E-state index in [2.05, 4.69) is 50.2 Å². The Kier molecular flexibility index (Phi) is 4.03. The van der Waals surface area contributed by atoms with Crippen molar-refractivity contribution in [2.75, 3.05) is 7.11 Å². The second-order valence-electron chi connectivity index (χ2n) is 4.63. The molecule has 0 radical (unpaired) electrons. The summed E-state index contributed by atoms with van der Waals surface area (Å²) in [4.78, 5) is 0. The molecule has 1 nitrogen and oxygen atoms in total. The Bertz CT molecular complexity index is 499. The first-order valence-corrected chi connectivity index (χ1v) is 6.49. The average Bonchev–Trinajstić information content (AvgIpc) is 2.46. The fourth-order valence-corrected chi connectivity index (χ4v) is 2.18. The molecule has 0 heterocycles. The smallest absolute Gasteiger partial charge is 0.118 e. The van der Waals surface area contributed by atoms with Crippen molar-refractivity contribution in [2.45, 2.75) is 26.2 Å². The van der Waals surface area contributed by atoms with Crippen LogP contribution in [0.5, 0.6) is 5.75 Å². The lowest BCUT2D eigenvalue weighted by atomic mass is 9.90. The highest BCUT2D eigenvalue weighted by molar-refractivity contribution is 5.68. The van der Waals surface area contributed by atoms with Gasteiger partial charge in [0.25, 0.3) is 0 Å². The van der Waals surface area contributed by atoms with Gasteiger partial charge in [-0.2, -0.15) is 0 Å². The largest absolute Gasteiger partial charge is 0.497 e. The van der Waals surface area contributed by atoms with Crippen LogP contribution in [0.2, 0.25) is 0 Å². The minimum Gasteiger partial charge on any atom is -0.497 e. The third kappa shape index (κ3) is 2.56. The Balaban J connectivity index is 2.43. The predicted octanol–water partition coefficient (Wildman–Crippen LogP) is 4.88. The van der Waals surface area contributed by atoms with Crippen LogP contribution in [0.15, 0.2) is 48.5 Å². The molecule has 1 heteroatoms. The maximum atomic E-state index is 5.20. The quantitative estimate of drug-likeness (QED) is 0.740. The minimum atomic E-state index is 0.586. The molecule has 2 aromatic carbocycles. The summed E-state index contributed by atoms with van der Waals surface area (Å²) in [6, 6.07) is 16.9. The molecule has 0 spiro atoms. The van der Waals surface area contributed by atoms with Crippen molar-refractivity contribution in [1.82, 2.24) is 0 Å². The van der Waals surface area contributed by atoms with Crippen molar-refractivity contribution in [2.24, 2.45) is 0 Å². The SMILES string of the molecule is CCC(C)c1ccccc1-c1ccc(OC)cc1. The van der Waals surface area contributed by atoms with Crippen molar-refractivity contribution >= 4 is 0 Å². The summed E-state index contributed by atoms with van der Waals surface area (Å²) in [5, 5.41) is 0. The summed E-state index contributed by atoms with van der Waals surface area (Å²) in [5.74, 6) is 1.49. The number of hydrogen-bond donors (Lipinski definition) is 0. The van der Waals surface area contributed by atoms with Crippen molar-refractivity contribution in [3.63, 3.8) is 0 Å². The van der Waals surface area contributed by atoms with Crippen LogP contribution in [-0.4, -0.2) is 7.11 Å². The Hall–Kier alpha value is -1.76. The van der Waals surface area contributed by atoms with E-state index in [1.165, 1.54) is 16.7 Å². The van der Waals surface area contributed by atoms with Crippen LogP contribution in [0.3, 0.4) is 0 Å². The standard InChI is InChI=1S/C17H20O/c1-4-13(2)16-7-5-6-8-17(16)14-9-11-15(18-3)12-10-14/h5-13H,4H2,1-3H3. The molecule has 1 unspecified atom stereocenters. The zero-order valence-electron chi connectivity index (χ0n) is 11.3. The van der Waals surface area contributed by atoms with Crippen molar-refractivity contribution in [3.05, 3.63) is 54.1 Å². The first-order valence-electron chi connectivity index (χ1n) is 6.49. The highest BCUT2D eigenvalue weighted by Crippen LogP contribution is 2.31. The van der Waals surface area contributed by atoms with Crippen LogP contribution >= 0.6 is 0 Å². The van der Waals surface area contributed by atoms with E-state index >= 15 is 0 Å². The molecule has 0 N–H and O–H groups in total. The number of methoxy groups -OCH3 is 1. The van der Waals surface area contributed by atoms with Gasteiger partial charge in [-0.25, -0.2) is 0 Å². The van der Waals surface area contributed by atoms with Gasteiger partial charge in [-0.3, -0.25) is 0 Å². The van der Waals surface area contributed by atoms with Crippen molar-refractivity contribution in [1.29, 1.82) is 0 Å². The van der Waals surface area contributed by atoms with Crippen molar-refractivity contribution in [3.8, 4) is 16.9 Å². The number of hydrogen-bond acceptors (Lipinski definition) is 1. The molecule has 94 valence electrons. The van der Waals surface area contributed by atoms with E-state index in [9.17, 15) is 0 Å². The van der Waals surface area contributed by atoms with Gasteiger partial charge in [0.05, 0.1) is 7.11 Å². The van der Waals surface area contributed by atoms with Gasteiger partial charge in [-0.15, -0.1) is 0 Å². The lowest BCUT2D eigenvalue weighted by molar-refractivity contribution is 0.415. The number of ether oxygens (including phenoxy) is 1. The molecule has 0 aromatic heterocycles. The van der Waals surface area contributed by atoms with E-state index in [-0.39, 0.29) is 0 Å². The fraction of sp³-hybridized carbons (Fsp3) is 0.294. The van der Waals surface area contributed by atoms with Gasteiger partial charge in [0.1, 0.15) is 5.75 Å². The summed E-state index contributed by atoms with van der Waals surface area (Å²) in [5.41, 5.74) is 4.01. The summed E-state index contributed by atoms with van der Waals surface area (Å²) in [6.07, 6.45) is 1.16. The van der Waals surface area contributed by atoms with Gasteiger partial charge in [0.15, 0.2) is 0 Å². The van der Waals surface area contributed by atoms with Gasteiger partial charge in [0, 0.05) is 0 Å². The molecule has 2 rings (SSSR count). The molecule has 0 bridgehead atoms. The molecule has 0 saturated carbocycles. The first kappa shape index (κ1) is 12.7. The molecule has 0 aliphatic carbocycles. The van der Waals surface area contributed by atoms with Crippen LogP contribution in [0.4, 0.5) is 0 Å². The van der Waals surface area contributed by atoms with Crippen LogP contribution in [0, 0.1) is 0 Å². The highest BCUT2D eigenvalue weighted by atomic mass is 16.5. The summed E-state index contributed by atoms with van der Waals surface area (Å²) < 4.78 is 5.20. The second-order valence-corrected chi connectivity index (χ2v) is 4.63. The summed E-state index contributed by atoms with van der Waals surface area (Å²) in [7, 11) is 1.70. The minimum absolute atomic E-state index is 0.586. The molecule has 0 aliphatic heterocycles. The zero-order valence-corrected chi connectivity index (χ0v) is 11.3. The van der Waals surface area contributed by atoms with Crippen LogP contribution in [0.25, 0.3) is 11.1 Å². The molecule has 1 atom stereocenters. The van der Waals surface area contributed by atoms with Crippen LogP contribution in [0.1, 0.15) is 31.7 Å². The molecule has 0 aliphatic rings. The van der Waals surface area contributed by atoms with Gasteiger partial charge < -0.3 is 4.74 Å². The maximum absolute atomic E-state index is 5.20. The summed E-state index contributed by atoms with van der Waals surface area (Å²) in [6.45, 7) is 4.51. The zero-order chi connectivity index (χ0) is 13.0. The Morgan fingerprint density at radius 3 is 2.28 bits per heavy atom. The van der Waals surface area contributed by atoms with E-state index in [1.54, 1.807) is 7.11 Å². The third-order valence-corrected chi connectivity index (χ3v) is 3.51. The molecule has 2 aromatic rings. The number of benzene rings is 2. The lowest BCUT2D eigenvalue weighted by Crippen LogP contribution is -1.95. The Labute approximate surface area is 109 Å². The lowest BCUT2D eigenvalue weighted by Gasteiger charge is -2.15. The van der Waals surface area contributed by atoms with Gasteiger partial charge in [0.2, 0.25) is 0 Å². The first-order chi connectivity index (χ1) is 8.76. The van der Waals surface area contributed by atoms with E-state index in [0.717, 1.165) is 12.2 Å². The molecule has 0 amide bonds. The molecular weight excluding hydrogens is 220 g/mol. The molecule has 0 saturated heterocycles. The Morgan fingerprint density at radius 2 is 1.67 bits per heavy atom. The van der Waals surface area contributed by atoms with E-state index in [4.69, 9.17) is 4.74 Å². The predicted molar refractivity (Wildman–Crippen MR) is 77.1 cm³/mol. The molecule has 0 fully saturated rings. The van der Waals surface area contributed by atoms with Gasteiger partial charge in [-0.05, 0) is 41.2 Å². The van der Waals surface area contributed by atoms with E-state index in [1.807, 2.05) is 12.1 Å². The molecule has 18 heavy (non-hydrogen) atoms. The highest BCUT2D eigenvalue weighted by Gasteiger charge is 2.09. The van der Waals surface area contributed by atoms with E-state index in [0.29, 0.717) is 5.92 Å². The summed E-state index contributed by atoms with van der Waals surface area (Å²) >= 11 is 0. The molecular formula is C17H20O. The second kappa shape index (κ2) is 5.72. The van der Waals surface area contributed by atoms with Gasteiger partial charge in [-0.1, -0.05) is 50.2 Å². The van der Waals surface area contributed by atoms with E-state index < -0.39 is 0 Å². The number of rotatable bonds is 4. The van der Waals surface area contributed by atoms with Crippen LogP contribution in [-0.2, 0) is 0 Å². The van der Waals surface area contributed by atoms with Crippen LogP contribution < -0.4 is 4.74 Å².